The minimum atomic E-state index is 0.498. The Labute approximate surface area is 98.5 Å². The SMILES string of the molecule is CN1C2CCC1CC(NOC1CCCC1)C2. The molecule has 0 aromatic heterocycles. The molecule has 3 fully saturated rings. The molecule has 0 aromatic rings. The molecule has 3 nitrogen and oxygen atoms in total. The van der Waals surface area contributed by atoms with E-state index in [4.69, 9.17) is 4.84 Å². The molecule has 1 saturated carbocycles. The summed E-state index contributed by atoms with van der Waals surface area (Å²) < 4.78 is 0. The summed E-state index contributed by atoms with van der Waals surface area (Å²) in [7, 11) is 2.29. The van der Waals surface area contributed by atoms with Crippen LogP contribution in [0.15, 0.2) is 0 Å². The predicted molar refractivity (Wildman–Crippen MR) is 64.1 cm³/mol. The van der Waals surface area contributed by atoms with Crippen LogP contribution < -0.4 is 5.48 Å². The molecule has 3 rings (SSSR count). The summed E-state index contributed by atoms with van der Waals surface area (Å²) in [5.74, 6) is 0. The first-order valence-electron chi connectivity index (χ1n) is 6.96. The van der Waals surface area contributed by atoms with Crippen LogP contribution in [0.4, 0.5) is 0 Å². The first kappa shape index (κ1) is 11.0. The Balaban J connectivity index is 1.46. The maximum absolute atomic E-state index is 5.83. The van der Waals surface area contributed by atoms with Crippen molar-refractivity contribution < 1.29 is 4.84 Å². The van der Waals surface area contributed by atoms with Crippen molar-refractivity contribution in [2.75, 3.05) is 7.05 Å². The Kier molecular flexibility index (Phi) is 3.18. The molecule has 2 unspecified atom stereocenters. The highest BCUT2D eigenvalue weighted by Crippen LogP contribution is 2.34. The minimum Gasteiger partial charge on any atom is -0.300 e. The highest BCUT2D eigenvalue weighted by molar-refractivity contribution is 4.95. The lowest BCUT2D eigenvalue weighted by molar-refractivity contribution is -0.0559. The van der Waals surface area contributed by atoms with Crippen molar-refractivity contribution in [1.29, 1.82) is 0 Å². The van der Waals surface area contributed by atoms with E-state index < -0.39 is 0 Å². The standard InChI is InChI=1S/C13H24N2O/c1-15-11-6-7-12(15)9-10(8-11)14-16-13-4-2-3-5-13/h10-14H,2-9H2,1H3. The second kappa shape index (κ2) is 4.63. The summed E-state index contributed by atoms with van der Waals surface area (Å²) in [5.41, 5.74) is 3.36. The third kappa shape index (κ3) is 2.13. The number of nitrogens with zero attached hydrogens (tertiary/aromatic N) is 1. The van der Waals surface area contributed by atoms with Gasteiger partial charge in [0.15, 0.2) is 0 Å². The number of fused-ring (bicyclic) bond motifs is 2. The van der Waals surface area contributed by atoms with Crippen LogP contribution in [0.3, 0.4) is 0 Å². The zero-order valence-electron chi connectivity index (χ0n) is 10.3. The van der Waals surface area contributed by atoms with Crippen LogP contribution in [0.2, 0.25) is 0 Å². The molecule has 0 aromatic carbocycles. The molecule has 1 aliphatic carbocycles. The number of hydrogen-bond acceptors (Lipinski definition) is 3. The fraction of sp³-hybridized carbons (Fsp3) is 1.00. The van der Waals surface area contributed by atoms with Crippen LogP contribution in [0, 0.1) is 0 Å². The smallest absolute Gasteiger partial charge is 0.0790 e. The van der Waals surface area contributed by atoms with Crippen molar-refractivity contribution in [3.8, 4) is 0 Å². The van der Waals surface area contributed by atoms with Crippen molar-refractivity contribution in [2.45, 2.75) is 75.6 Å². The van der Waals surface area contributed by atoms with Gasteiger partial charge in [-0.3, -0.25) is 4.84 Å². The monoisotopic (exact) mass is 224 g/mol. The average Bonchev–Trinajstić information content (AvgIpc) is 2.84. The van der Waals surface area contributed by atoms with Crippen molar-refractivity contribution in [1.82, 2.24) is 10.4 Å². The largest absolute Gasteiger partial charge is 0.300 e. The molecule has 3 aliphatic rings. The number of piperidine rings is 1. The van der Waals surface area contributed by atoms with Gasteiger partial charge in [-0.2, -0.15) is 5.48 Å². The van der Waals surface area contributed by atoms with Crippen LogP contribution in [-0.2, 0) is 4.84 Å². The van der Waals surface area contributed by atoms with Gasteiger partial charge >= 0.3 is 0 Å². The van der Waals surface area contributed by atoms with Gasteiger partial charge in [0.05, 0.1) is 6.10 Å². The summed E-state index contributed by atoms with van der Waals surface area (Å²) in [6, 6.07) is 2.22. The average molecular weight is 224 g/mol. The first-order chi connectivity index (χ1) is 7.83. The zero-order valence-corrected chi connectivity index (χ0v) is 10.3. The molecule has 2 heterocycles. The second-order valence-corrected chi connectivity index (χ2v) is 5.86. The van der Waals surface area contributed by atoms with Crippen molar-refractivity contribution in [2.24, 2.45) is 0 Å². The van der Waals surface area contributed by atoms with Gasteiger partial charge in [0.2, 0.25) is 0 Å². The molecule has 3 heteroatoms. The summed E-state index contributed by atoms with van der Waals surface area (Å²) in [5, 5.41) is 0. The number of hydroxylamine groups is 1. The maximum atomic E-state index is 5.83. The Bertz CT molecular complexity index is 226. The molecular formula is C13H24N2O. The first-order valence-corrected chi connectivity index (χ1v) is 6.96. The van der Waals surface area contributed by atoms with Crippen molar-refractivity contribution >= 4 is 0 Å². The van der Waals surface area contributed by atoms with Crippen LogP contribution in [-0.4, -0.2) is 36.2 Å². The molecule has 2 atom stereocenters. The lowest BCUT2D eigenvalue weighted by atomic mass is 9.99. The molecule has 1 N–H and O–H groups in total. The molecule has 0 spiro atoms. The van der Waals surface area contributed by atoms with E-state index in [0.29, 0.717) is 12.1 Å². The maximum Gasteiger partial charge on any atom is 0.0790 e. The second-order valence-electron chi connectivity index (χ2n) is 5.86. The molecular weight excluding hydrogens is 200 g/mol. The van der Waals surface area contributed by atoms with Gasteiger partial charge in [0.25, 0.3) is 0 Å². The van der Waals surface area contributed by atoms with E-state index in [1.54, 1.807) is 0 Å². The van der Waals surface area contributed by atoms with E-state index in [0.717, 1.165) is 12.1 Å². The number of hydrogen-bond donors (Lipinski definition) is 1. The number of rotatable bonds is 3. The van der Waals surface area contributed by atoms with Crippen LogP contribution >= 0.6 is 0 Å². The summed E-state index contributed by atoms with van der Waals surface area (Å²) in [6.07, 6.45) is 11.1. The quantitative estimate of drug-likeness (QED) is 0.743. The Morgan fingerprint density at radius 3 is 2.25 bits per heavy atom. The molecule has 0 amide bonds. The zero-order chi connectivity index (χ0) is 11.0. The van der Waals surface area contributed by atoms with E-state index in [1.807, 2.05) is 0 Å². The molecule has 2 bridgehead atoms. The Morgan fingerprint density at radius 1 is 1.00 bits per heavy atom. The van der Waals surface area contributed by atoms with Crippen LogP contribution in [0.1, 0.15) is 51.4 Å². The van der Waals surface area contributed by atoms with Crippen molar-refractivity contribution in [3.63, 3.8) is 0 Å². The fourth-order valence-electron chi connectivity index (χ4n) is 3.71. The minimum absolute atomic E-state index is 0.498. The topological polar surface area (TPSA) is 24.5 Å². The van der Waals surface area contributed by atoms with E-state index in [2.05, 4.69) is 17.4 Å². The highest BCUT2D eigenvalue weighted by Gasteiger charge is 2.38. The fourth-order valence-corrected chi connectivity index (χ4v) is 3.71. The molecule has 16 heavy (non-hydrogen) atoms. The van der Waals surface area contributed by atoms with E-state index in [1.165, 1.54) is 51.4 Å². The molecule has 92 valence electrons. The summed E-state index contributed by atoms with van der Waals surface area (Å²) in [6.45, 7) is 0. The molecule has 0 radical (unpaired) electrons. The predicted octanol–water partition coefficient (Wildman–Crippen LogP) is 2.08. The van der Waals surface area contributed by atoms with E-state index >= 15 is 0 Å². The summed E-state index contributed by atoms with van der Waals surface area (Å²) >= 11 is 0. The van der Waals surface area contributed by atoms with Gasteiger partial charge < -0.3 is 4.90 Å². The number of nitrogens with one attached hydrogen (secondary N) is 1. The normalized spacial score (nSPS) is 40.7. The Morgan fingerprint density at radius 2 is 1.62 bits per heavy atom. The van der Waals surface area contributed by atoms with Gasteiger partial charge in [0.1, 0.15) is 0 Å². The van der Waals surface area contributed by atoms with E-state index in [9.17, 15) is 0 Å². The van der Waals surface area contributed by atoms with Gasteiger partial charge in [-0.15, -0.1) is 0 Å². The van der Waals surface area contributed by atoms with Crippen LogP contribution in [0.25, 0.3) is 0 Å². The van der Waals surface area contributed by atoms with Gasteiger partial charge in [-0.1, -0.05) is 12.8 Å². The molecule has 2 saturated heterocycles. The lowest BCUT2D eigenvalue weighted by Crippen LogP contribution is -2.47. The summed E-state index contributed by atoms with van der Waals surface area (Å²) in [4.78, 5) is 8.41. The highest BCUT2D eigenvalue weighted by atomic mass is 16.7. The third-order valence-electron chi connectivity index (χ3n) is 4.80. The molecule has 2 aliphatic heterocycles. The van der Waals surface area contributed by atoms with Gasteiger partial charge in [-0.05, 0) is 45.6 Å². The van der Waals surface area contributed by atoms with Gasteiger partial charge in [0, 0.05) is 18.1 Å². The Hall–Kier alpha value is -0.120. The van der Waals surface area contributed by atoms with Gasteiger partial charge in [-0.25, -0.2) is 0 Å². The third-order valence-corrected chi connectivity index (χ3v) is 4.80. The van der Waals surface area contributed by atoms with E-state index in [-0.39, 0.29) is 0 Å². The lowest BCUT2D eigenvalue weighted by Gasteiger charge is -2.36. The van der Waals surface area contributed by atoms with Crippen LogP contribution in [0.5, 0.6) is 0 Å². The van der Waals surface area contributed by atoms with Crippen molar-refractivity contribution in [3.05, 3.63) is 0 Å².